The molecule has 0 bridgehead atoms. The van der Waals surface area contributed by atoms with E-state index in [1.54, 1.807) is 0 Å². The lowest BCUT2D eigenvalue weighted by molar-refractivity contribution is -0.315. The molecule has 3 aliphatic carbocycles. The van der Waals surface area contributed by atoms with E-state index in [-0.39, 0.29) is 60.8 Å². The van der Waals surface area contributed by atoms with E-state index in [1.165, 1.54) is 7.11 Å². The molecular weight excluding hydrogens is 376 g/mol. The predicted octanol–water partition coefficient (Wildman–Crippen LogP) is 1.82. The van der Waals surface area contributed by atoms with E-state index >= 15 is 0 Å². The van der Waals surface area contributed by atoms with E-state index < -0.39 is 22.5 Å². The van der Waals surface area contributed by atoms with Gasteiger partial charge in [-0.2, -0.15) is 0 Å². The highest BCUT2D eigenvalue weighted by atomic mass is 16.7. The van der Waals surface area contributed by atoms with Crippen molar-refractivity contribution in [1.82, 2.24) is 0 Å². The van der Waals surface area contributed by atoms with Gasteiger partial charge in [0.25, 0.3) is 0 Å². The molecule has 1 N–H and O–H groups in total. The number of carbonyl (C=O) groups is 2. The maximum atomic E-state index is 13.7. The van der Waals surface area contributed by atoms with Crippen molar-refractivity contribution in [1.29, 1.82) is 0 Å². The maximum absolute atomic E-state index is 13.7. The average Bonchev–Trinajstić information content (AvgIpc) is 3.13. The highest BCUT2D eigenvalue weighted by molar-refractivity contribution is 6.00. The van der Waals surface area contributed by atoms with Crippen LogP contribution in [0.3, 0.4) is 0 Å². The van der Waals surface area contributed by atoms with Crippen LogP contribution in [-0.4, -0.2) is 54.7 Å². The van der Waals surface area contributed by atoms with E-state index in [1.807, 2.05) is 26.8 Å². The molecule has 2 saturated carbocycles. The number of fused-ring (bicyclic) bond motifs is 4. The zero-order valence-electron chi connectivity index (χ0n) is 17.6. The summed E-state index contributed by atoms with van der Waals surface area (Å²) in [5, 5.41) is 12.0. The number of methoxy groups -OCH3 is 1. The summed E-state index contributed by atoms with van der Waals surface area (Å²) in [6.45, 7) is 8.08. The molecular formula is C22H30O7. The Bertz CT molecular complexity index is 807. The van der Waals surface area contributed by atoms with Crippen molar-refractivity contribution in [2.75, 3.05) is 13.9 Å². The molecule has 5 rings (SSSR count). The fourth-order valence-corrected chi connectivity index (χ4v) is 7.74. The van der Waals surface area contributed by atoms with Gasteiger partial charge in [0.15, 0.2) is 5.76 Å². The second-order valence-corrected chi connectivity index (χ2v) is 10.1. The van der Waals surface area contributed by atoms with Gasteiger partial charge in [-0.3, -0.25) is 9.59 Å². The molecule has 4 fully saturated rings. The van der Waals surface area contributed by atoms with E-state index in [2.05, 4.69) is 6.92 Å². The van der Waals surface area contributed by atoms with Crippen molar-refractivity contribution < 1.29 is 33.6 Å². The summed E-state index contributed by atoms with van der Waals surface area (Å²) in [4.78, 5) is 26.3. The number of hydrogen-bond acceptors (Lipinski definition) is 7. The van der Waals surface area contributed by atoms with Gasteiger partial charge in [0, 0.05) is 22.7 Å². The first kappa shape index (κ1) is 19.5. The third kappa shape index (κ3) is 2.04. The summed E-state index contributed by atoms with van der Waals surface area (Å²) in [7, 11) is 1.52. The first-order valence-electron chi connectivity index (χ1n) is 10.6. The fraction of sp³-hybridized carbons (Fsp3) is 0.818. The lowest BCUT2D eigenvalue weighted by Gasteiger charge is -2.70. The molecule has 29 heavy (non-hydrogen) atoms. The molecule has 0 aromatic heterocycles. The molecule has 2 aliphatic heterocycles. The molecule has 7 heteroatoms. The highest BCUT2D eigenvalue weighted by Gasteiger charge is 2.78. The number of ketones is 1. The van der Waals surface area contributed by atoms with Gasteiger partial charge in [-0.25, -0.2) is 0 Å². The molecule has 0 amide bonds. The Hall–Kier alpha value is -1.44. The SMILES string of the molecule is COC1=CC(C)C2C[C@H]3OC(=O)C[C@@]4(O)[C@@H](C)C5OCOC5C([C@@]2(C)C1=O)[C@@]34C. The van der Waals surface area contributed by atoms with Gasteiger partial charge in [-0.1, -0.05) is 27.7 Å². The number of aliphatic hydroxyl groups is 1. The normalized spacial score (nSPS) is 55.9. The average molecular weight is 406 g/mol. The second-order valence-electron chi connectivity index (χ2n) is 10.1. The van der Waals surface area contributed by atoms with Crippen molar-refractivity contribution in [2.24, 2.45) is 34.5 Å². The lowest BCUT2D eigenvalue weighted by atomic mass is 9.37. The summed E-state index contributed by atoms with van der Waals surface area (Å²) in [6, 6.07) is 0. The van der Waals surface area contributed by atoms with Crippen molar-refractivity contribution in [3.05, 3.63) is 11.8 Å². The van der Waals surface area contributed by atoms with Gasteiger partial charge in [-0.15, -0.1) is 0 Å². The molecule has 0 aromatic carbocycles. The second kappa shape index (κ2) is 5.83. The minimum Gasteiger partial charge on any atom is -0.493 e. The molecule has 5 unspecified atom stereocenters. The minimum atomic E-state index is -1.33. The van der Waals surface area contributed by atoms with Crippen molar-refractivity contribution >= 4 is 11.8 Å². The van der Waals surface area contributed by atoms with Crippen LogP contribution in [-0.2, 0) is 28.5 Å². The smallest absolute Gasteiger partial charge is 0.309 e. The quantitative estimate of drug-likeness (QED) is 0.664. The molecule has 0 spiro atoms. The Labute approximate surface area is 170 Å². The Morgan fingerprint density at radius 1 is 1.17 bits per heavy atom. The number of hydrogen-bond donors (Lipinski definition) is 1. The van der Waals surface area contributed by atoms with Gasteiger partial charge in [0.2, 0.25) is 5.78 Å². The first-order valence-corrected chi connectivity index (χ1v) is 10.6. The van der Waals surface area contributed by atoms with Gasteiger partial charge in [-0.05, 0) is 24.3 Å². The molecule has 2 heterocycles. The van der Waals surface area contributed by atoms with Crippen LogP contribution in [0.5, 0.6) is 0 Å². The Balaban J connectivity index is 1.76. The molecule has 160 valence electrons. The van der Waals surface area contributed by atoms with Crippen LogP contribution in [0.4, 0.5) is 0 Å². The molecule has 5 aliphatic rings. The van der Waals surface area contributed by atoms with E-state index in [0.717, 1.165) is 0 Å². The fourth-order valence-electron chi connectivity index (χ4n) is 7.74. The number of ether oxygens (including phenoxy) is 4. The topological polar surface area (TPSA) is 91.3 Å². The van der Waals surface area contributed by atoms with Crippen LogP contribution in [0.25, 0.3) is 0 Å². The molecule has 2 saturated heterocycles. The molecule has 0 aromatic rings. The van der Waals surface area contributed by atoms with Crippen LogP contribution in [0, 0.1) is 34.5 Å². The molecule has 10 atom stereocenters. The predicted molar refractivity (Wildman–Crippen MR) is 100 cm³/mol. The number of Topliss-reactive ketones (excluding diaryl/α,β-unsaturated/α-hetero) is 1. The molecule has 7 nitrogen and oxygen atoms in total. The van der Waals surface area contributed by atoms with Gasteiger partial charge in [0.1, 0.15) is 12.9 Å². The largest absolute Gasteiger partial charge is 0.493 e. The van der Waals surface area contributed by atoms with Crippen molar-refractivity contribution in [3.8, 4) is 0 Å². The Morgan fingerprint density at radius 3 is 2.55 bits per heavy atom. The Kier molecular flexibility index (Phi) is 3.92. The number of allylic oxidation sites excluding steroid dienone is 2. The summed E-state index contributed by atoms with van der Waals surface area (Å²) < 4.78 is 23.3. The van der Waals surface area contributed by atoms with Crippen LogP contribution < -0.4 is 0 Å². The number of esters is 1. The molecule has 0 radical (unpaired) electrons. The number of carbonyl (C=O) groups excluding carboxylic acids is 2. The Morgan fingerprint density at radius 2 is 1.86 bits per heavy atom. The van der Waals surface area contributed by atoms with Crippen LogP contribution in [0.15, 0.2) is 11.8 Å². The minimum absolute atomic E-state index is 0.0506. The van der Waals surface area contributed by atoms with E-state index in [9.17, 15) is 14.7 Å². The monoisotopic (exact) mass is 406 g/mol. The summed E-state index contributed by atoms with van der Waals surface area (Å²) in [5.41, 5.74) is -2.98. The third-order valence-corrected chi connectivity index (χ3v) is 9.22. The third-order valence-electron chi connectivity index (χ3n) is 9.22. The van der Waals surface area contributed by atoms with Gasteiger partial charge >= 0.3 is 5.97 Å². The van der Waals surface area contributed by atoms with Crippen LogP contribution in [0.1, 0.15) is 40.5 Å². The van der Waals surface area contributed by atoms with E-state index in [4.69, 9.17) is 18.9 Å². The highest BCUT2D eigenvalue weighted by Crippen LogP contribution is 2.70. The summed E-state index contributed by atoms with van der Waals surface area (Å²) in [6.07, 6.45) is 1.11. The van der Waals surface area contributed by atoms with Crippen molar-refractivity contribution in [3.63, 3.8) is 0 Å². The summed E-state index contributed by atoms with van der Waals surface area (Å²) >= 11 is 0. The lowest BCUT2D eigenvalue weighted by Crippen LogP contribution is -2.79. The van der Waals surface area contributed by atoms with E-state index in [0.29, 0.717) is 12.2 Å². The summed E-state index contributed by atoms with van der Waals surface area (Å²) in [5.74, 6) is -0.755. The van der Waals surface area contributed by atoms with Crippen LogP contribution in [0.2, 0.25) is 0 Å². The standard InChI is InChI=1S/C22H30O7/c1-10-6-13(26-5)19(24)20(3)12(10)7-14-21(4)18(20)17-16(27-9-28-17)11(2)22(21,25)8-15(23)29-14/h6,10-12,14,16-18,25H,7-9H2,1-5H3/t10?,11-,12?,14+,16?,17?,18?,20-,21+,22+/m0/s1. The van der Waals surface area contributed by atoms with Crippen LogP contribution >= 0.6 is 0 Å². The van der Waals surface area contributed by atoms with Crippen molar-refractivity contribution in [2.45, 2.75) is 64.4 Å². The zero-order chi connectivity index (χ0) is 20.9. The van der Waals surface area contributed by atoms with Gasteiger partial charge in [0.05, 0.1) is 31.3 Å². The first-order chi connectivity index (χ1) is 13.6. The maximum Gasteiger partial charge on any atom is 0.309 e. The van der Waals surface area contributed by atoms with Gasteiger partial charge < -0.3 is 24.1 Å². The number of rotatable bonds is 1. The zero-order valence-corrected chi connectivity index (χ0v) is 17.6.